The highest BCUT2D eigenvalue weighted by molar-refractivity contribution is 7.96. The molecule has 1 aliphatic rings. The molecule has 1 heterocycles. The Morgan fingerprint density at radius 3 is 2.38 bits per heavy atom. The van der Waals surface area contributed by atoms with Gasteiger partial charge in [0.05, 0.1) is 11.5 Å². The quantitative estimate of drug-likeness (QED) is 0.210. The first kappa shape index (κ1) is 23.2. The van der Waals surface area contributed by atoms with E-state index in [0.29, 0.717) is 0 Å². The van der Waals surface area contributed by atoms with Crippen molar-refractivity contribution in [2.45, 2.75) is 63.2 Å². The van der Waals surface area contributed by atoms with Crippen molar-refractivity contribution < 1.29 is 17.9 Å². The van der Waals surface area contributed by atoms with Gasteiger partial charge < -0.3 is 9.64 Å². The Morgan fingerprint density at radius 1 is 1.03 bits per heavy atom. The summed E-state index contributed by atoms with van der Waals surface area (Å²) in [5.41, 5.74) is 0. The lowest BCUT2D eigenvalue weighted by Crippen LogP contribution is -2.17. The minimum Gasteiger partial charge on any atom is -0.462 e. The number of benzene rings is 1. The predicted octanol–water partition coefficient (Wildman–Crippen LogP) is 4.86. The van der Waals surface area contributed by atoms with E-state index in [2.05, 4.69) is 11.8 Å². The van der Waals surface area contributed by atoms with Gasteiger partial charge in [-0.15, -0.1) is 0 Å². The molecular weight excluding hydrogens is 386 g/mol. The summed E-state index contributed by atoms with van der Waals surface area (Å²) in [6.07, 6.45) is 13.5. The van der Waals surface area contributed by atoms with Gasteiger partial charge in [-0.05, 0) is 49.7 Å². The summed E-state index contributed by atoms with van der Waals surface area (Å²) in [4.78, 5) is 14.5. The maximum Gasteiger partial charge on any atom is 0.350 e. The molecule has 0 amide bonds. The van der Waals surface area contributed by atoms with Crippen LogP contribution in [0, 0.1) is 0 Å². The molecule has 0 saturated carbocycles. The molecule has 0 aliphatic carbocycles. The fourth-order valence-corrected chi connectivity index (χ4v) is 4.56. The van der Waals surface area contributed by atoms with Gasteiger partial charge in [-0.1, -0.05) is 57.2 Å². The third kappa shape index (κ3) is 7.69. The number of hydrogen-bond donors (Lipinski definition) is 0. The minimum atomic E-state index is -3.93. The third-order valence-electron chi connectivity index (χ3n) is 4.96. The molecule has 1 saturated heterocycles. The minimum absolute atomic E-state index is 0.0948. The van der Waals surface area contributed by atoms with Crippen LogP contribution >= 0.6 is 0 Å². The molecule has 0 unspecified atom stereocenters. The second-order valence-electron chi connectivity index (χ2n) is 7.34. The van der Waals surface area contributed by atoms with Gasteiger partial charge in [0, 0.05) is 13.1 Å². The van der Waals surface area contributed by atoms with E-state index in [0.717, 1.165) is 45.2 Å². The molecular formula is C23H33NO4S. The number of hydrogen-bond acceptors (Lipinski definition) is 5. The summed E-state index contributed by atoms with van der Waals surface area (Å²) in [5.74, 6) is -0.784. The number of unbranched alkanes of at least 4 members (excludes halogenated alkanes) is 5. The topological polar surface area (TPSA) is 63.7 Å². The molecule has 0 aromatic heterocycles. The van der Waals surface area contributed by atoms with E-state index in [1.165, 1.54) is 37.5 Å². The Bertz CT molecular complexity index is 778. The van der Waals surface area contributed by atoms with E-state index in [1.54, 1.807) is 24.3 Å². The molecule has 29 heavy (non-hydrogen) atoms. The Morgan fingerprint density at radius 2 is 1.69 bits per heavy atom. The Kier molecular flexibility index (Phi) is 9.98. The Hall–Kier alpha value is -2.08. The van der Waals surface area contributed by atoms with Gasteiger partial charge in [-0.2, -0.15) is 0 Å². The molecule has 6 heteroatoms. The normalized spacial score (nSPS) is 15.2. The fourth-order valence-electron chi connectivity index (χ4n) is 3.26. The summed E-state index contributed by atoms with van der Waals surface area (Å²) >= 11 is 0. The molecule has 160 valence electrons. The average Bonchev–Trinajstić information content (AvgIpc) is 3.24. The number of rotatable bonds is 12. The highest BCUT2D eigenvalue weighted by atomic mass is 32.2. The first-order valence-corrected chi connectivity index (χ1v) is 12.1. The van der Waals surface area contributed by atoms with E-state index in [-0.39, 0.29) is 16.4 Å². The molecule has 0 N–H and O–H groups in total. The number of allylic oxidation sites excluding steroid dienone is 2. The van der Waals surface area contributed by atoms with Crippen LogP contribution in [0.4, 0.5) is 0 Å². The predicted molar refractivity (Wildman–Crippen MR) is 116 cm³/mol. The van der Waals surface area contributed by atoms with Crippen molar-refractivity contribution in [1.82, 2.24) is 4.90 Å². The van der Waals surface area contributed by atoms with Gasteiger partial charge >= 0.3 is 5.97 Å². The molecule has 1 aromatic rings. The monoisotopic (exact) mass is 419 g/mol. The molecule has 1 aliphatic heterocycles. The number of esters is 1. The fraction of sp³-hybridized carbons (Fsp3) is 0.522. The third-order valence-corrected chi connectivity index (χ3v) is 6.73. The van der Waals surface area contributed by atoms with E-state index >= 15 is 0 Å². The summed E-state index contributed by atoms with van der Waals surface area (Å²) < 4.78 is 31.3. The van der Waals surface area contributed by atoms with Crippen LogP contribution in [0.3, 0.4) is 0 Å². The van der Waals surface area contributed by atoms with Crippen molar-refractivity contribution in [2.75, 3.05) is 19.7 Å². The summed E-state index contributed by atoms with van der Waals surface area (Å²) in [7, 11) is -3.93. The summed E-state index contributed by atoms with van der Waals surface area (Å²) in [5, 5.41) is 0. The molecule has 5 nitrogen and oxygen atoms in total. The number of carbonyl (C=O) groups excluding carboxylic acids is 1. The lowest BCUT2D eigenvalue weighted by atomic mass is 10.1. The van der Waals surface area contributed by atoms with Crippen molar-refractivity contribution in [2.24, 2.45) is 0 Å². The van der Waals surface area contributed by atoms with E-state index in [4.69, 9.17) is 4.74 Å². The standard InChI is InChI=1S/C23H33NO4S/c1-2-3-4-5-6-12-20-28-23(25)22(16-13-19-24-17-10-11-18-24)29(26,27)21-14-8-7-9-15-21/h7-9,13-16,19H,2-6,10-12,17-18,20H2,1H3. The smallest absolute Gasteiger partial charge is 0.350 e. The van der Waals surface area contributed by atoms with Crippen LogP contribution in [0.15, 0.2) is 58.5 Å². The Balaban J connectivity index is 2.04. The van der Waals surface area contributed by atoms with Gasteiger partial charge in [-0.3, -0.25) is 0 Å². The number of sulfone groups is 1. The van der Waals surface area contributed by atoms with Crippen molar-refractivity contribution >= 4 is 15.8 Å². The molecule has 1 fully saturated rings. The van der Waals surface area contributed by atoms with Crippen molar-refractivity contribution in [3.05, 3.63) is 53.6 Å². The average molecular weight is 420 g/mol. The van der Waals surface area contributed by atoms with Crippen molar-refractivity contribution in [1.29, 1.82) is 0 Å². The molecule has 0 atom stereocenters. The maximum atomic E-state index is 13.0. The molecule has 1 aromatic carbocycles. The van der Waals surface area contributed by atoms with Crippen LogP contribution in [0.1, 0.15) is 58.3 Å². The molecule has 0 radical (unpaired) electrons. The van der Waals surface area contributed by atoms with Gasteiger partial charge in [0.15, 0.2) is 4.91 Å². The van der Waals surface area contributed by atoms with Crippen LogP contribution < -0.4 is 0 Å². The number of carbonyl (C=O) groups is 1. The lowest BCUT2D eigenvalue weighted by Gasteiger charge is -2.11. The number of ether oxygens (including phenoxy) is 1. The van der Waals surface area contributed by atoms with Crippen LogP contribution in [-0.4, -0.2) is 39.0 Å². The summed E-state index contributed by atoms with van der Waals surface area (Å²) in [6.45, 7) is 4.31. The largest absolute Gasteiger partial charge is 0.462 e. The van der Waals surface area contributed by atoms with Crippen LogP contribution in [0.5, 0.6) is 0 Å². The zero-order valence-corrected chi connectivity index (χ0v) is 18.2. The van der Waals surface area contributed by atoms with E-state index < -0.39 is 15.8 Å². The van der Waals surface area contributed by atoms with Gasteiger partial charge in [0.1, 0.15) is 0 Å². The van der Waals surface area contributed by atoms with Crippen LogP contribution in [0.2, 0.25) is 0 Å². The maximum absolute atomic E-state index is 13.0. The Labute approximate surface area is 175 Å². The number of nitrogens with zero attached hydrogens (tertiary/aromatic N) is 1. The number of likely N-dealkylation sites (tertiary alicyclic amines) is 1. The highest BCUT2D eigenvalue weighted by Crippen LogP contribution is 2.21. The van der Waals surface area contributed by atoms with Gasteiger partial charge in [-0.25, -0.2) is 13.2 Å². The van der Waals surface area contributed by atoms with Crippen molar-refractivity contribution in [3.8, 4) is 0 Å². The first-order valence-electron chi connectivity index (χ1n) is 10.7. The second-order valence-corrected chi connectivity index (χ2v) is 9.25. The first-order chi connectivity index (χ1) is 14.1. The zero-order chi connectivity index (χ0) is 21.0. The van der Waals surface area contributed by atoms with Crippen LogP contribution in [0.25, 0.3) is 0 Å². The zero-order valence-electron chi connectivity index (χ0n) is 17.4. The second kappa shape index (κ2) is 12.5. The molecule has 2 rings (SSSR count). The molecule has 0 bridgehead atoms. The van der Waals surface area contributed by atoms with Crippen molar-refractivity contribution in [3.63, 3.8) is 0 Å². The van der Waals surface area contributed by atoms with E-state index in [1.807, 2.05) is 6.20 Å². The van der Waals surface area contributed by atoms with Gasteiger partial charge in [0.2, 0.25) is 9.84 Å². The SMILES string of the molecule is CCCCCCCCOC(=O)C(=CC=CN1CCCC1)S(=O)(=O)c1ccccc1. The van der Waals surface area contributed by atoms with Gasteiger partial charge in [0.25, 0.3) is 0 Å². The van der Waals surface area contributed by atoms with Crippen LogP contribution in [-0.2, 0) is 19.4 Å². The lowest BCUT2D eigenvalue weighted by molar-refractivity contribution is -0.138. The van der Waals surface area contributed by atoms with E-state index in [9.17, 15) is 13.2 Å². The highest BCUT2D eigenvalue weighted by Gasteiger charge is 2.27. The summed E-state index contributed by atoms with van der Waals surface area (Å²) in [6, 6.07) is 8.02. The molecule has 0 spiro atoms.